The van der Waals surface area contributed by atoms with Crippen molar-refractivity contribution in [2.24, 2.45) is 0 Å². The summed E-state index contributed by atoms with van der Waals surface area (Å²) in [6, 6.07) is 20.6. The van der Waals surface area contributed by atoms with E-state index in [1.54, 1.807) is 18.5 Å². The molecule has 0 saturated carbocycles. The molecule has 2 aliphatic heterocycles. The molecule has 0 atom stereocenters. The fraction of sp³-hybridized carbons (Fsp3) is 0.429. The molecular formula is C42H49ClN4O3. The Labute approximate surface area is 302 Å². The SMILES string of the molecule is Cc1c(COc2cc(OCc3cncc(C#N)c3)c(CN3CCCCC3)cc2Cl)cccc1-c1cccc(OCCCN2CCCCC2)c1C. The first kappa shape index (κ1) is 35.7. The maximum atomic E-state index is 9.32. The Hall–Kier alpha value is -4.09. The Morgan fingerprint density at radius 1 is 0.720 bits per heavy atom. The van der Waals surface area contributed by atoms with Crippen LogP contribution in [0, 0.1) is 25.2 Å². The zero-order chi connectivity index (χ0) is 34.7. The van der Waals surface area contributed by atoms with Crippen molar-refractivity contribution in [3.8, 4) is 34.4 Å². The van der Waals surface area contributed by atoms with Crippen LogP contribution in [0.2, 0.25) is 5.02 Å². The van der Waals surface area contributed by atoms with Crippen molar-refractivity contribution >= 4 is 11.6 Å². The number of ether oxygens (including phenoxy) is 3. The van der Waals surface area contributed by atoms with Crippen LogP contribution in [0.5, 0.6) is 17.2 Å². The second-order valence-corrected chi connectivity index (χ2v) is 14.0. The summed E-state index contributed by atoms with van der Waals surface area (Å²) in [4.78, 5) is 9.21. The lowest BCUT2D eigenvalue weighted by atomic mass is 9.93. The van der Waals surface area contributed by atoms with Gasteiger partial charge in [-0.2, -0.15) is 5.26 Å². The zero-order valence-electron chi connectivity index (χ0n) is 29.6. The molecule has 3 heterocycles. The lowest BCUT2D eigenvalue weighted by molar-refractivity contribution is 0.204. The number of nitriles is 1. The number of rotatable bonds is 14. The van der Waals surface area contributed by atoms with E-state index in [1.807, 2.05) is 12.1 Å². The quantitative estimate of drug-likeness (QED) is 0.122. The highest BCUT2D eigenvalue weighted by Gasteiger charge is 2.18. The van der Waals surface area contributed by atoms with Crippen LogP contribution in [0.1, 0.15) is 78.3 Å². The molecule has 0 bridgehead atoms. The molecule has 2 fully saturated rings. The summed E-state index contributed by atoms with van der Waals surface area (Å²) < 4.78 is 19.1. The van der Waals surface area contributed by atoms with Gasteiger partial charge in [-0.1, -0.05) is 54.8 Å². The number of hydrogen-bond donors (Lipinski definition) is 0. The topological polar surface area (TPSA) is 70.8 Å². The van der Waals surface area contributed by atoms with E-state index in [1.165, 1.54) is 62.7 Å². The first-order valence-corrected chi connectivity index (χ1v) is 18.5. The minimum Gasteiger partial charge on any atom is -0.493 e. The third-order valence-corrected chi connectivity index (χ3v) is 10.3. The Morgan fingerprint density at radius 2 is 1.42 bits per heavy atom. The molecule has 0 radical (unpaired) electrons. The third kappa shape index (κ3) is 9.37. The van der Waals surface area contributed by atoms with Gasteiger partial charge in [-0.25, -0.2) is 0 Å². The van der Waals surface area contributed by atoms with Gasteiger partial charge < -0.3 is 19.1 Å². The highest BCUT2D eigenvalue weighted by molar-refractivity contribution is 6.32. The normalized spacial score (nSPS) is 15.4. The van der Waals surface area contributed by atoms with Crippen molar-refractivity contribution in [2.45, 2.75) is 78.6 Å². The summed E-state index contributed by atoms with van der Waals surface area (Å²) >= 11 is 6.88. The molecule has 0 spiro atoms. The first-order valence-electron chi connectivity index (χ1n) is 18.2. The zero-order valence-corrected chi connectivity index (χ0v) is 30.3. The van der Waals surface area contributed by atoms with E-state index in [9.17, 15) is 5.26 Å². The third-order valence-electron chi connectivity index (χ3n) is 10.0. The minimum absolute atomic E-state index is 0.290. The number of nitrogens with zero attached hydrogens (tertiary/aromatic N) is 4. The number of likely N-dealkylation sites (tertiary alicyclic amines) is 2. The number of pyridine rings is 1. The maximum absolute atomic E-state index is 9.32. The van der Waals surface area contributed by atoms with Crippen LogP contribution < -0.4 is 14.2 Å². The van der Waals surface area contributed by atoms with Gasteiger partial charge in [0, 0.05) is 42.7 Å². The van der Waals surface area contributed by atoms with Crippen LogP contribution >= 0.6 is 11.6 Å². The van der Waals surface area contributed by atoms with E-state index in [2.05, 4.69) is 71.1 Å². The summed E-state index contributed by atoms with van der Waals surface area (Å²) in [6.45, 7) is 12.1. The second-order valence-electron chi connectivity index (χ2n) is 13.6. The Kier molecular flexibility index (Phi) is 12.7. The van der Waals surface area contributed by atoms with E-state index in [0.717, 1.165) is 78.5 Å². The lowest BCUT2D eigenvalue weighted by Crippen LogP contribution is -2.31. The number of hydrogen-bond acceptors (Lipinski definition) is 7. The number of halogens is 1. The van der Waals surface area contributed by atoms with E-state index < -0.39 is 0 Å². The molecule has 0 aliphatic carbocycles. The smallest absolute Gasteiger partial charge is 0.142 e. The molecular weight excluding hydrogens is 644 g/mol. The van der Waals surface area contributed by atoms with Crippen LogP contribution in [0.15, 0.2) is 67.0 Å². The average molecular weight is 693 g/mol. The lowest BCUT2D eigenvalue weighted by Gasteiger charge is -2.27. The maximum Gasteiger partial charge on any atom is 0.142 e. The van der Waals surface area contributed by atoms with Crippen molar-refractivity contribution in [1.82, 2.24) is 14.8 Å². The standard InChI is InChI=1S/C42H49ClN4O3/c1-31-35(12-9-13-37(31)38-14-10-15-40(32(38)2)48-21-11-20-46-16-5-3-6-17-46)30-50-42-24-41(49-29-34-22-33(25-44)26-45-27-34)36(23-39(42)43)28-47-18-7-4-8-19-47/h9-10,12-15,22-24,26-27H,3-8,11,16-21,28-30H2,1-2H3. The van der Waals surface area contributed by atoms with Crippen molar-refractivity contribution in [3.63, 3.8) is 0 Å². The number of benzene rings is 3. The molecule has 0 N–H and O–H groups in total. The molecule has 1 aromatic heterocycles. The highest BCUT2D eigenvalue weighted by Crippen LogP contribution is 2.37. The van der Waals surface area contributed by atoms with Gasteiger partial charge in [-0.15, -0.1) is 0 Å². The van der Waals surface area contributed by atoms with Gasteiger partial charge in [0.15, 0.2) is 0 Å². The summed E-state index contributed by atoms with van der Waals surface area (Å²) in [7, 11) is 0. The van der Waals surface area contributed by atoms with Gasteiger partial charge in [0.25, 0.3) is 0 Å². The van der Waals surface area contributed by atoms with Crippen LogP contribution in [0.3, 0.4) is 0 Å². The molecule has 262 valence electrons. The molecule has 8 heteroatoms. The summed E-state index contributed by atoms with van der Waals surface area (Å²) in [6.07, 6.45) is 12.0. The monoisotopic (exact) mass is 692 g/mol. The number of piperidine rings is 2. The fourth-order valence-electron chi connectivity index (χ4n) is 7.09. The highest BCUT2D eigenvalue weighted by atomic mass is 35.5. The van der Waals surface area contributed by atoms with E-state index >= 15 is 0 Å². The Morgan fingerprint density at radius 3 is 2.18 bits per heavy atom. The minimum atomic E-state index is 0.290. The average Bonchev–Trinajstić information content (AvgIpc) is 3.15. The molecule has 0 amide bonds. The van der Waals surface area contributed by atoms with Gasteiger partial charge in [-0.3, -0.25) is 9.88 Å². The molecule has 3 aromatic carbocycles. The van der Waals surface area contributed by atoms with Crippen LogP contribution in [-0.2, 0) is 19.8 Å². The molecule has 0 unspecified atom stereocenters. The van der Waals surface area contributed by atoms with Gasteiger partial charge in [-0.05, 0) is 118 Å². The van der Waals surface area contributed by atoms with E-state index in [4.69, 9.17) is 25.8 Å². The largest absolute Gasteiger partial charge is 0.493 e. The number of aromatic nitrogens is 1. The van der Waals surface area contributed by atoms with Crippen LogP contribution in [-0.4, -0.2) is 54.1 Å². The fourth-order valence-corrected chi connectivity index (χ4v) is 7.34. The molecule has 7 nitrogen and oxygen atoms in total. The Bertz CT molecular complexity index is 1780. The Balaban J connectivity index is 1.16. The molecule has 50 heavy (non-hydrogen) atoms. The van der Waals surface area contributed by atoms with Crippen molar-refractivity contribution in [1.29, 1.82) is 5.26 Å². The van der Waals surface area contributed by atoms with Crippen molar-refractivity contribution in [2.75, 3.05) is 39.3 Å². The molecule has 2 saturated heterocycles. The molecule has 2 aliphatic rings. The van der Waals surface area contributed by atoms with E-state index in [0.29, 0.717) is 22.9 Å². The van der Waals surface area contributed by atoms with Crippen molar-refractivity contribution < 1.29 is 14.2 Å². The summed E-state index contributed by atoms with van der Waals surface area (Å²) in [5.41, 5.74) is 8.11. The molecule has 4 aromatic rings. The van der Waals surface area contributed by atoms with E-state index in [-0.39, 0.29) is 6.61 Å². The van der Waals surface area contributed by atoms with Gasteiger partial charge in [0.2, 0.25) is 0 Å². The van der Waals surface area contributed by atoms with Gasteiger partial charge >= 0.3 is 0 Å². The van der Waals surface area contributed by atoms with Gasteiger partial charge in [0.1, 0.15) is 36.5 Å². The summed E-state index contributed by atoms with van der Waals surface area (Å²) in [5, 5.41) is 9.89. The van der Waals surface area contributed by atoms with Crippen LogP contribution in [0.4, 0.5) is 0 Å². The first-order chi connectivity index (χ1) is 24.5. The van der Waals surface area contributed by atoms with Crippen LogP contribution in [0.25, 0.3) is 11.1 Å². The predicted octanol–water partition coefficient (Wildman–Crippen LogP) is 9.29. The molecule has 6 rings (SSSR count). The summed E-state index contributed by atoms with van der Waals surface area (Å²) in [5.74, 6) is 2.25. The second kappa shape index (κ2) is 17.7. The van der Waals surface area contributed by atoms with Crippen molar-refractivity contribution in [3.05, 3.63) is 105 Å². The van der Waals surface area contributed by atoms with Gasteiger partial charge in [0.05, 0.1) is 17.2 Å². The predicted molar refractivity (Wildman–Crippen MR) is 200 cm³/mol.